The maximum Gasteiger partial charge on any atom is 0.240 e. The maximum absolute atomic E-state index is 12.3. The van der Waals surface area contributed by atoms with Gasteiger partial charge < -0.3 is 10.1 Å². The van der Waals surface area contributed by atoms with Crippen LogP contribution in [0.1, 0.15) is 30.0 Å². The van der Waals surface area contributed by atoms with Crippen LogP contribution in [0.3, 0.4) is 0 Å². The highest BCUT2D eigenvalue weighted by Crippen LogP contribution is 2.21. The molecule has 6 nitrogen and oxygen atoms in total. The van der Waals surface area contributed by atoms with Crippen molar-refractivity contribution in [3.05, 3.63) is 59.2 Å². The number of carbonyl (C=O) groups excluding carboxylic acids is 1. The Kier molecular flexibility index (Phi) is 8.08. The van der Waals surface area contributed by atoms with Gasteiger partial charge in [0.25, 0.3) is 0 Å². The van der Waals surface area contributed by atoms with Crippen molar-refractivity contribution < 1.29 is 17.9 Å². The van der Waals surface area contributed by atoms with Crippen LogP contribution in [0.2, 0.25) is 0 Å². The Bertz CT molecular complexity index is 924. The molecule has 0 aliphatic carbocycles. The van der Waals surface area contributed by atoms with Gasteiger partial charge in [-0.25, -0.2) is 8.42 Å². The van der Waals surface area contributed by atoms with E-state index in [4.69, 9.17) is 4.74 Å². The molecule has 7 heteroatoms. The maximum atomic E-state index is 12.3. The van der Waals surface area contributed by atoms with Crippen molar-refractivity contribution in [3.8, 4) is 5.75 Å². The molecule has 1 amide bonds. The first-order valence-electron chi connectivity index (χ1n) is 9.74. The molecule has 0 aliphatic rings. The molecule has 0 spiro atoms. The summed E-state index contributed by atoms with van der Waals surface area (Å²) in [5.41, 5.74) is 3.71. The third-order valence-corrected chi connectivity index (χ3v) is 5.81. The Morgan fingerprint density at radius 2 is 1.76 bits per heavy atom. The summed E-state index contributed by atoms with van der Waals surface area (Å²) in [4.78, 5) is 12.3. The van der Waals surface area contributed by atoms with Gasteiger partial charge in [0.05, 0.1) is 18.6 Å². The van der Waals surface area contributed by atoms with Gasteiger partial charge in [0.1, 0.15) is 12.3 Å². The second-order valence-electron chi connectivity index (χ2n) is 7.07. The largest absolute Gasteiger partial charge is 0.494 e. The van der Waals surface area contributed by atoms with Crippen LogP contribution in [0, 0.1) is 13.8 Å². The van der Waals surface area contributed by atoms with E-state index >= 15 is 0 Å². The number of nitrogens with one attached hydrogen (secondary N) is 1. The number of carbonyl (C=O) groups is 1. The second kappa shape index (κ2) is 10.3. The normalized spacial score (nSPS) is 11.2. The highest BCUT2D eigenvalue weighted by Gasteiger charge is 2.21. The molecule has 0 aliphatic heterocycles. The number of hydrogen-bond acceptors (Lipinski definition) is 4. The first kappa shape index (κ1) is 22.7. The van der Waals surface area contributed by atoms with Crippen LogP contribution < -0.4 is 14.4 Å². The van der Waals surface area contributed by atoms with Gasteiger partial charge in [-0.2, -0.15) is 0 Å². The minimum Gasteiger partial charge on any atom is -0.494 e. The number of ether oxygens (including phenoxy) is 1. The van der Waals surface area contributed by atoms with Gasteiger partial charge in [0.2, 0.25) is 15.9 Å². The number of rotatable bonds is 10. The first-order chi connectivity index (χ1) is 13.7. The van der Waals surface area contributed by atoms with Gasteiger partial charge in [-0.1, -0.05) is 18.2 Å². The summed E-state index contributed by atoms with van der Waals surface area (Å²) in [6.45, 7) is 6.71. The van der Waals surface area contributed by atoms with Crippen LogP contribution in [0.15, 0.2) is 42.5 Å². The number of hydrogen-bond donors (Lipinski definition) is 1. The second-order valence-corrected chi connectivity index (χ2v) is 8.98. The summed E-state index contributed by atoms with van der Waals surface area (Å²) in [6, 6.07) is 13.3. The molecule has 1 N–H and O–H groups in total. The molecule has 158 valence electrons. The standard InChI is InChI=1S/C22H30N2O4S/c1-5-28-21-12-9-19(10-13-21)7-6-14-23-22(25)16-24(29(4,26)27)20-11-8-17(2)18(3)15-20/h8-13,15H,5-7,14,16H2,1-4H3,(H,23,25). The van der Waals surface area contributed by atoms with Gasteiger partial charge in [-0.15, -0.1) is 0 Å². The smallest absolute Gasteiger partial charge is 0.240 e. The average Bonchev–Trinajstić information content (AvgIpc) is 2.66. The Hall–Kier alpha value is -2.54. The number of benzene rings is 2. The fourth-order valence-electron chi connectivity index (χ4n) is 2.91. The average molecular weight is 419 g/mol. The molecular formula is C22H30N2O4S. The lowest BCUT2D eigenvalue weighted by Crippen LogP contribution is -2.40. The quantitative estimate of drug-likeness (QED) is 0.601. The van der Waals surface area contributed by atoms with Crippen LogP contribution in [-0.2, 0) is 21.2 Å². The van der Waals surface area contributed by atoms with Crippen molar-refractivity contribution in [2.75, 3.05) is 30.3 Å². The number of anilines is 1. The molecule has 2 rings (SSSR count). The Labute approximate surface area is 173 Å². The molecule has 0 radical (unpaired) electrons. The molecule has 0 saturated heterocycles. The molecule has 0 fully saturated rings. The van der Waals surface area contributed by atoms with Gasteiger partial charge in [-0.05, 0) is 74.6 Å². The highest BCUT2D eigenvalue weighted by molar-refractivity contribution is 7.92. The zero-order chi connectivity index (χ0) is 21.4. The van der Waals surface area contributed by atoms with Crippen LogP contribution in [-0.4, -0.2) is 40.3 Å². The molecule has 0 saturated carbocycles. The molecule has 0 heterocycles. The summed E-state index contributed by atoms with van der Waals surface area (Å²) < 4.78 is 30.9. The molecule has 0 aromatic heterocycles. The SMILES string of the molecule is CCOc1ccc(CCCNC(=O)CN(c2ccc(C)c(C)c2)S(C)(=O)=O)cc1. The van der Waals surface area contributed by atoms with Gasteiger partial charge in [0.15, 0.2) is 0 Å². The third-order valence-electron chi connectivity index (χ3n) is 4.66. The van der Waals surface area contributed by atoms with Gasteiger partial charge >= 0.3 is 0 Å². The van der Waals surface area contributed by atoms with Crippen molar-refractivity contribution in [1.29, 1.82) is 0 Å². The predicted molar refractivity (Wildman–Crippen MR) is 117 cm³/mol. The fourth-order valence-corrected chi connectivity index (χ4v) is 3.75. The topological polar surface area (TPSA) is 75.7 Å². The summed E-state index contributed by atoms with van der Waals surface area (Å²) in [5, 5.41) is 2.81. The Balaban J connectivity index is 1.87. The van der Waals surface area contributed by atoms with Crippen LogP contribution in [0.25, 0.3) is 0 Å². The van der Waals surface area contributed by atoms with Crippen LogP contribution in [0.5, 0.6) is 5.75 Å². The van der Waals surface area contributed by atoms with Crippen molar-refractivity contribution in [2.45, 2.75) is 33.6 Å². The third kappa shape index (κ3) is 7.09. The summed E-state index contributed by atoms with van der Waals surface area (Å²) in [7, 11) is -3.56. The fraction of sp³-hybridized carbons (Fsp3) is 0.409. The number of aryl methyl sites for hydroxylation is 3. The predicted octanol–water partition coefficient (Wildman–Crippen LogP) is 3.22. The van der Waals surface area contributed by atoms with Crippen molar-refractivity contribution in [1.82, 2.24) is 5.32 Å². The van der Waals surface area contributed by atoms with E-state index in [0.717, 1.165) is 45.8 Å². The number of sulfonamides is 1. The van der Waals surface area contributed by atoms with Gasteiger partial charge in [-0.3, -0.25) is 9.10 Å². The molecule has 2 aromatic carbocycles. The van der Waals surface area contributed by atoms with Crippen molar-refractivity contribution in [2.24, 2.45) is 0 Å². The number of nitrogens with zero attached hydrogens (tertiary/aromatic N) is 1. The minimum absolute atomic E-state index is 0.232. The molecule has 0 unspecified atom stereocenters. The lowest BCUT2D eigenvalue weighted by Gasteiger charge is -2.22. The lowest BCUT2D eigenvalue weighted by molar-refractivity contribution is -0.119. The van der Waals surface area contributed by atoms with E-state index in [2.05, 4.69) is 5.32 Å². The monoisotopic (exact) mass is 418 g/mol. The molecule has 2 aromatic rings. The van der Waals surface area contributed by atoms with E-state index in [0.29, 0.717) is 18.8 Å². The molecule has 0 bridgehead atoms. The minimum atomic E-state index is -3.56. The van der Waals surface area contributed by atoms with E-state index < -0.39 is 10.0 Å². The highest BCUT2D eigenvalue weighted by atomic mass is 32.2. The lowest BCUT2D eigenvalue weighted by atomic mass is 10.1. The number of amides is 1. The molecule has 29 heavy (non-hydrogen) atoms. The van der Waals surface area contributed by atoms with E-state index in [1.54, 1.807) is 12.1 Å². The van der Waals surface area contributed by atoms with Crippen molar-refractivity contribution >= 4 is 21.6 Å². The van der Waals surface area contributed by atoms with Crippen LogP contribution in [0.4, 0.5) is 5.69 Å². The van der Waals surface area contributed by atoms with E-state index in [9.17, 15) is 13.2 Å². The zero-order valence-corrected chi connectivity index (χ0v) is 18.4. The van der Waals surface area contributed by atoms with Crippen molar-refractivity contribution in [3.63, 3.8) is 0 Å². The molecular weight excluding hydrogens is 388 g/mol. The Morgan fingerprint density at radius 1 is 1.07 bits per heavy atom. The van der Waals surface area contributed by atoms with Crippen LogP contribution >= 0.6 is 0 Å². The Morgan fingerprint density at radius 3 is 2.34 bits per heavy atom. The van der Waals surface area contributed by atoms with E-state index in [-0.39, 0.29) is 12.5 Å². The van der Waals surface area contributed by atoms with Gasteiger partial charge in [0, 0.05) is 6.54 Å². The summed E-state index contributed by atoms with van der Waals surface area (Å²) in [5.74, 6) is 0.525. The van der Waals surface area contributed by atoms with E-state index in [1.807, 2.05) is 51.1 Å². The first-order valence-corrected chi connectivity index (χ1v) is 11.6. The molecule has 0 atom stereocenters. The summed E-state index contributed by atoms with van der Waals surface area (Å²) >= 11 is 0. The zero-order valence-electron chi connectivity index (χ0n) is 17.6. The van der Waals surface area contributed by atoms with E-state index in [1.165, 1.54) is 0 Å². The summed E-state index contributed by atoms with van der Waals surface area (Å²) in [6.07, 6.45) is 2.70.